The van der Waals surface area contributed by atoms with Gasteiger partial charge in [-0.3, -0.25) is 4.79 Å². The fourth-order valence-electron chi connectivity index (χ4n) is 1.07. The molecule has 0 radical (unpaired) electrons. The molecular formula is C10H16N4OS. The van der Waals surface area contributed by atoms with E-state index in [-0.39, 0.29) is 5.91 Å². The third-order valence-corrected chi connectivity index (χ3v) is 2.45. The molecule has 88 valence electrons. The van der Waals surface area contributed by atoms with Gasteiger partial charge in [0.2, 0.25) is 0 Å². The van der Waals surface area contributed by atoms with Crippen molar-refractivity contribution in [3.8, 4) is 0 Å². The molecule has 0 fully saturated rings. The van der Waals surface area contributed by atoms with Crippen molar-refractivity contribution in [2.75, 3.05) is 30.4 Å². The van der Waals surface area contributed by atoms with Gasteiger partial charge in [0.25, 0.3) is 5.91 Å². The monoisotopic (exact) mass is 240 g/mol. The predicted molar refractivity (Wildman–Crippen MR) is 66.9 cm³/mol. The smallest absolute Gasteiger partial charge is 0.271 e. The molecule has 0 bridgehead atoms. The molecule has 5 nitrogen and oxygen atoms in total. The Morgan fingerprint density at radius 3 is 2.81 bits per heavy atom. The molecule has 1 aromatic rings. The Kier molecular flexibility index (Phi) is 5.63. The molecular weight excluding hydrogens is 224 g/mol. The first-order chi connectivity index (χ1) is 7.77. The van der Waals surface area contributed by atoms with Gasteiger partial charge in [-0.2, -0.15) is 11.8 Å². The van der Waals surface area contributed by atoms with E-state index >= 15 is 0 Å². The average Bonchev–Trinajstić information content (AvgIpc) is 2.30. The molecule has 0 aliphatic rings. The number of nitrogens with one attached hydrogen (secondary N) is 2. The van der Waals surface area contributed by atoms with Gasteiger partial charge >= 0.3 is 0 Å². The molecule has 0 saturated carbocycles. The van der Waals surface area contributed by atoms with Crippen molar-refractivity contribution in [2.45, 2.75) is 6.92 Å². The minimum Gasteiger partial charge on any atom is -0.369 e. The van der Waals surface area contributed by atoms with Gasteiger partial charge in [-0.1, -0.05) is 0 Å². The second-order valence-electron chi connectivity index (χ2n) is 3.07. The van der Waals surface area contributed by atoms with Crippen LogP contribution in [0.2, 0.25) is 0 Å². The van der Waals surface area contributed by atoms with Gasteiger partial charge in [-0.25, -0.2) is 9.97 Å². The van der Waals surface area contributed by atoms with Crippen molar-refractivity contribution in [1.29, 1.82) is 0 Å². The molecule has 1 rings (SSSR count). The second kappa shape index (κ2) is 7.05. The van der Waals surface area contributed by atoms with Crippen LogP contribution in [0, 0.1) is 0 Å². The van der Waals surface area contributed by atoms with Gasteiger partial charge in [0, 0.05) is 18.8 Å². The van der Waals surface area contributed by atoms with Crippen LogP contribution in [-0.4, -0.2) is 41.0 Å². The molecule has 0 unspecified atom stereocenters. The van der Waals surface area contributed by atoms with Crippen LogP contribution in [-0.2, 0) is 0 Å². The van der Waals surface area contributed by atoms with E-state index in [1.165, 1.54) is 6.20 Å². The minimum absolute atomic E-state index is 0.176. The lowest BCUT2D eigenvalue weighted by molar-refractivity contribution is 0.0951. The van der Waals surface area contributed by atoms with Crippen LogP contribution in [0.1, 0.15) is 17.4 Å². The number of carbonyl (C=O) groups excluding carboxylic acids is 1. The number of thioether (sulfide) groups is 1. The summed E-state index contributed by atoms with van der Waals surface area (Å²) in [4.78, 5) is 19.7. The maximum Gasteiger partial charge on any atom is 0.271 e. The first-order valence-electron chi connectivity index (χ1n) is 5.11. The lowest BCUT2D eigenvalue weighted by atomic mass is 10.4. The zero-order chi connectivity index (χ0) is 11.8. The minimum atomic E-state index is -0.176. The van der Waals surface area contributed by atoms with Crippen molar-refractivity contribution in [1.82, 2.24) is 15.3 Å². The summed E-state index contributed by atoms with van der Waals surface area (Å²) in [6, 6.07) is 0. The maximum absolute atomic E-state index is 11.5. The summed E-state index contributed by atoms with van der Waals surface area (Å²) in [6.07, 6.45) is 5.04. The Hall–Kier alpha value is -1.30. The van der Waals surface area contributed by atoms with Gasteiger partial charge in [0.15, 0.2) is 0 Å². The van der Waals surface area contributed by atoms with E-state index in [0.717, 1.165) is 12.3 Å². The lowest BCUT2D eigenvalue weighted by Crippen LogP contribution is -2.26. The van der Waals surface area contributed by atoms with Crippen LogP contribution in [0.3, 0.4) is 0 Å². The fourth-order valence-corrected chi connectivity index (χ4v) is 1.38. The van der Waals surface area contributed by atoms with Crippen molar-refractivity contribution < 1.29 is 4.79 Å². The van der Waals surface area contributed by atoms with E-state index < -0.39 is 0 Å². The van der Waals surface area contributed by atoms with E-state index in [4.69, 9.17) is 0 Å². The summed E-state index contributed by atoms with van der Waals surface area (Å²) >= 11 is 1.69. The van der Waals surface area contributed by atoms with Crippen molar-refractivity contribution in [3.63, 3.8) is 0 Å². The van der Waals surface area contributed by atoms with Crippen molar-refractivity contribution in [2.24, 2.45) is 0 Å². The van der Waals surface area contributed by atoms with E-state index in [1.807, 2.05) is 13.2 Å². The number of hydrogen-bond acceptors (Lipinski definition) is 5. The highest BCUT2D eigenvalue weighted by molar-refractivity contribution is 7.98. The predicted octanol–water partition coefficient (Wildman–Crippen LogP) is 1.00. The van der Waals surface area contributed by atoms with Gasteiger partial charge < -0.3 is 10.6 Å². The zero-order valence-corrected chi connectivity index (χ0v) is 10.3. The van der Waals surface area contributed by atoms with Crippen molar-refractivity contribution in [3.05, 3.63) is 18.1 Å². The summed E-state index contributed by atoms with van der Waals surface area (Å²) in [5, 5.41) is 5.79. The van der Waals surface area contributed by atoms with E-state index in [1.54, 1.807) is 18.0 Å². The first kappa shape index (κ1) is 12.8. The van der Waals surface area contributed by atoms with E-state index in [0.29, 0.717) is 18.1 Å². The van der Waals surface area contributed by atoms with E-state index in [2.05, 4.69) is 20.6 Å². The van der Waals surface area contributed by atoms with Crippen LogP contribution < -0.4 is 10.6 Å². The number of anilines is 1. The summed E-state index contributed by atoms with van der Waals surface area (Å²) < 4.78 is 0. The van der Waals surface area contributed by atoms with Gasteiger partial charge in [-0.15, -0.1) is 0 Å². The quantitative estimate of drug-likeness (QED) is 0.726. The van der Waals surface area contributed by atoms with Crippen LogP contribution in [0.5, 0.6) is 0 Å². The first-order valence-corrected chi connectivity index (χ1v) is 6.50. The highest BCUT2D eigenvalue weighted by Crippen LogP contribution is 2.00. The molecule has 16 heavy (non-hydrogen) atoms. The maximum atomic E-state index is 11.5. The van der Waals surface area contributed by atoms with Crippen LogP contribution in [0.25, 0.3) is 0 Å². The topological polar surface area (TPSA) is 66.9 Å². The Balaban J connectivity index is 2.49. The number of rotatable bonds is 6. The molecule has 0 spiro atoms. The summed E-state index contributed by atoms with van der Waals surface area (Å²) in [7, 11) is 0. The van der Waals surface area contributed by atoms with E-state index in [9.17, 15) is 4.79 Å². The molecule has 0 atom stereocenters. The van der Waals surface area contributed by atoms with Crippen LogP contribution in [0.4, 0.5) is 5.82 Å². The van der Waals surface area contributed by atoms with Gasteiger partial charge in [-0.05, 0) is 13.2 Å². The molecule has 0 aliphatic carbocycles. The number of nitrogens with zero attached hydrogens (tertiary/aromatic N) is 2. The number of amides is 1. The summed E-state index contributed by atoms with van der Waals surface area (Å²) in [6.45, 7) is 3.41. The molecule has 0 aromatic carbocycles. The Morgan fingerprint density at radius 1 is 1.44 bits per heavy atom. The van der Waals surface area contributed by atoms with Gasteiger partial charge in [0.05, 0.1) is 12.4 Å². The third-order valence-electron chi connectivity index (χ3n) is 1.83. The second-order valence-corrected chi connectivity index (χ2v) is 4.05. The van der Waals surface area contributed by atoms with Crippen LogP contribution >= 0.6 is 11.8 Å². The highest BCUT2D eigenvalue weighted by atomic mass is 32.2. The lowest BCUT2D eigenvalue weighted by Gasteiger charge is -2.04. The Labute approximate surface area is 99.4 Å². The molecule has 0 aliphatic heterocycles. The highest BCUT2D eigenvalue weighted by Gasteiger charge is 2.06. The number of aromatic nitrogens is 2. The Bertz CT molecular complexity index is 328. The Morgan fingerprint density at radius 2 is 2.25 bits per heavy atom. The van der Waals surface area contributed by atoms with Crippen molar-refractivity contribution >= 4 is 23.5 Å². The molecule has 1 aromatic heterocycles. The third kappa shape index (κ3) is 4.06. The number of hydrogen-bond donors (Lipinski definition) is 2. The molecule has 6 heteroatoms. The standard InChI is InChI=1S/C10H16N4OS/c1-3-11-9-7-13-8(6-14-9)10(15)12-4-5-16-2/h6-7H,3-5H2,1-2H3,(H,11,14)(H,12,15). The fraction of sp³-hybridized carbons (Fsp3) is 0.500. The van der Waals surface area contributed by atoms with Gasteiger partial charge in [0.1, 0.15) is 11.5 Å². The normalized spacial score (nSPS) is 9.88. The largest absolute Gasteiger partial charge is 0.369 e. The average molecular weight is 240 g/mol. The SMILES string of the molecule is CCNc1cnc(C(=O)NCCSC)cn1. The molecule has 0 saturated heterocycles. The van der Waals surface area contributed by atoms with Crippen LogP contribution in [0.15, 0.2) is 12.4 Å². The summed E-state index contributed by atoms with van der Waals surface area (Å²) in [5.41, 5.74) is 0.350. The molecule has 1 amide bonds. The molecule has 1 heterocycles. The summed E-state index contributed by atoms with van der Waals surface area (Å²) in [5.74, 6) is 1.40. The zero-order valence-electron chi connectivity index (χ0n) is 9.49. The number of carbonyl (C=O) groups is 1. The molecule has 2 N–H and O–H groups in total.